The van der Waals surface area contributed by atoms with Gasteiger partial charge in [-0.2, -0.15) is 0 Å². The van der Waals surface area contributed by atoms with Crippen LogP contribution in [0, 0.1) is 0 Å². The molecular weight excluding hydrogens is 448 g/mol. The van der Waals surface area contributed by atoms with Crippen LogP contribution >= 0.6 is 11.6 Å². The topological polar surface area (TPSA) is 62.7 Å². The van der Waals surface area contributed by atoms with Crippen LogP contribution in [0.15, 0.2) is 66.9 Å². The molecule has 0 saturated carbocycles. The van der Waals surface area contributed by atoms with Gasteiger partial charge >= 0.3 is 0 Å². The first-order valence-corrected chi connectivity index (χ1v) is 12.0. The minimum atomic E-state index is -0.794. The van der Waals surface area contributed by atoms with Gasteiger partial charge in [-0.1, -0.05) is 41.9 Å². The van der Waals surface area contributed by atoms with Gasteiger partial charge < -0.3 is 14.7 Å². The van der Waals surface area contributed by atoms with Gasteiger partial charge in [-0.25, -0.2) is 4.98 Å². The van der Waals surface area contributed by atoms with Crippen LogP contribution in [0.25, 0.3) is 5.57 Å². The standard InChI is InChI=1S/C28H27ClN2O3/c29-23-10-8-22(9-11-23)28(33)12-16-31(17-13-28)15-3-5-20-18-25-21(19-32)4-1-7-26(25)34-27-24(20)6-2-14-30-27/h1-2,4-11,14,19,33H,3,12-13,15-18H2. The van der Waals surface area contributed by atoms with Gasteiger partial charge in [0.15, 0.2) is 0 Å². The Hall–Kier alpha value is -2.99. The number of nitrogens with zero attached hydrogens (tertiary/aromatic N) is 2. The van der Waals surface area contributed by atoms with Crippen molar-refractivity contribution in [2.24, 2.45) is 0 Å². The number of rotatable bonds is 5. The molecule has 0 bridgehead atoms. The Balaban J connectivity index is 1.28. The van der Waals surface area contributed by atoms with E-state index in [1.165, 1.54) is 0 Å². The van der Waals surface area contributed by atoms with Crippen LogP contribution in [0.1, 0.15) is 46.3 Å². The molecule has 5 nitrogen and oxygen atoms in total. The molecule has 34 heavy (non-hydrogen) atoms. The van der Waals surface area contributed by atoms with Crippen molar-refractivity contribution in [3.63, 3.8) is 0 Å². The Morgan fingerprint density at radius 3 is 2.65 bits per heavy atom. The third-order valence-electron chi connectivity index (χ3n) is 6.89. The van der Waals surface area contributed by atoms with Crippen molar-refractivity contribution in [2.75, 3.05) is 19.6 Å². The molecule has 0 atom stereocenters. The summed E-state index contributed by atoms with van der Waals surface area (Å²) in [4.78, 5) is 18.5. The second-order valence-electron chi connectivity index (χ2n) is 8.97. The molecule has 0 amide bonds. The predicted molar refractivity (Wildman–Crippen MR) is 133 cm³/mol. The average Bonchev–Trinajstić information content (AvgIpc) is 3.02. The lowest BCUT2D eigenvalue weighted by Gasteiger charge is -2.38. The molecule has 1 saturated heterocycles. The van der Waals surface area contributed by atoms with Crippen molar-refractivity contribution < 1.29 is 14.6 Å². The maximum Gasteiger partial charge on any atom is 0.226 e. The van der Waals surface area contributed by atoms with Gasteiger partial charge in [0, 0.05) is 54.0 Å². The number of pyridine rings is 1. The summed E-state index contributed by atoms with van der Waals surface area (Å²) < 4.78 is 6.09. The second-order valence-corrected chi connectivity index (χ2v) is 9.41. The predicted octanol–water partition coefficient (Wildman–Crippen LogP) is 5.65. The zero-order chi connectivity index (χ0) is 23.5. The largest absolute Gasteiger partial charge is 0.438 e. The number of aldehydes is 1. The Labute approximate surface area is 204 Å². The molecule has 0 radical (unpaired) electrons. The molecular formula is C28H27ClN2O3. The fourth-order valence-corrected chi connectivity index (χ4v) is 5.01. The van der Waals surface area contributed by atoms with E-state index in [-0.39, 0.29) is 0 Å². The van der Waals surface area contributed by atoms with Crippen LogP contribution in [0.3, 0.4) is 0 Å². The van der Waals surface area contributed by atoms with Crippen LogP contribution < -0.4 is 4.74 Å². The minimum absolute atomic E-state index is 0.571. The van der Waals surface area contributed by atoms with E-state index in [0.29, 0.717) is 41.5 Å². The van der Waals surface area contributed by atoms with Crippen LogP contribution in [0.2, 0.25) is 5.02 Å². The Morgan fingerprint density at radius 2 is 1.88 bits per heavy atom. The number of piperidine rings is 1. The second kappa shape index (κ2) is 9.71. The first-order valence-electron chi connectivity index (χ1n) is 11.7. The van der Waals surface area contributed by atoms with E-state index in [4.69, 9.17) is 16.3 Å². The van der Waals surface area contributed by atoms with Gasteiger partial charge in [0.2, 0.25) is 5.88 Å². The monoisotopic (exact) mass is 474 g/mol. The van der Waals surface area contributed by atoms with Gasteiger partial charge in [0.25, 0.3) is 0 Å². The van der Waals surface area contributed by atoms with Crippen molar-refractivity contribution in [3.05, 3.63) is 94.1 Å². The summed E-state index contributed by atoms with van der Waals surface area (Å²) in [6, 6.07) is 17.0. The highest BCUT2D eigenvalue weighted by atomic mass is 35.5. The van der Waals surface area contributed by atoms with E-state index in [0.717, 1.165) is 54.6 Å². The molecule has 6 heteroatoms. The number of halogens is 1. The van der Waals surface area contributed by atoms with E-state index in [1.54, 1.807) is 6.20 Å². The highest BCUT2D eigenvalue weighted by molar-refractivity contribution is 6.30. The van der Waals surface area contributed by atoms with Crippen molar-refractivity contribution in [3.8, 4) is 11.6 Å². The first kappa shape index (κ1) is 22.8. The van der Waals surface area contributed by atoms with Crippen LogP contribution in [-0.4, -0.2) is 40.9 Å². The highest BCUT2D eigenvalue weighted by Crippen LogP contribution is 2.39. The number of ether oxygens (including phenoxy) is 1. The number of benzene rings is 2. The molecule has 1 N–H and O–H groups in total. The molecule has 1 fully saturated rings. The average molecular weight is 475 g/mol. The summed E-state index contributed by atoms with van der Waals surface area (Å²) in [5, 5.41) is 11.8. The number of fused-ring (bicyclic) bond motifs is 2. The van der Waals surface area contributed by atoms with E-state index >= 15 is 0 Å². The summed E-state index contributed by atoms with van der Waals surface area (Å²) in [5.41, 5.74) is 3.77. The van der Waals surface area contributed by atoms with Gasteiger partial charge in [0.1, 0.15) is 12.0 Å². The van der Waals surface area contributed by atoms with Crippen molar-refractivity contribution in [2.45, 2.75) is 31.3 Å². The van der Waals surface area contributed by atoms with Gasteiger partial charge in [-0.05, 0) is 60.7 Å². The van der Waals surface area contributed by atoms with E-state index < -0.39 is 5.60 Å². The third kappa shape index (κ3) is 4.64. The Kier molecular flexibility index (Phi) is 6.50. The van der Waals surface area contributed by atoms with Crippen LogP contribution in [0.5, 0.6) is 11.6 Å². The SMILES string of the molecule is O=Cc1cccc2c1CC(=CCCN1CCC(O)(c3ccc(Cl)cc3)CC1)c1cccnc1O2. The third-order valence-corrected chi connectivity index (χ3v) is 7.14. The number of aromatic nitrogens is 1. The molecule has 174 valence electrons. The molecule has 0 aliphatic carbocycles. The quantitative estimate of drug-likeness (QED) is 0.484. The normalized spacial score (nSPS) is 18.5. The zero-order valence-corrected chi connectivity index (χ0v) is 19.7. The number of hydrogen-bond acceptors (Lipinski definition) is 5. The molecule has 1 aromatic heterocycles. The zero-order valence-electron chi connectivity index (χ0n) is 18.9. The molecule has 2 aliphatic heterocycles. The highest BCUT2D eigenvalue weighted by Gasteiger charge is 2.33. The lowest BCUT2D eigenvalue weighted by atomic mass is 9.84. The Morgan fingerprint density at radius 1 is 1.09 bits per heavy atom. The number of allylic oxidation sites excluding steroid dienone is 1. The molecule has 0 spiro atoms. The smallest absolute Gasteiger partial charge is 0.226 e. The fraction of sp³-hybridized carbons (Fsp3) is 0.286. The van der Waals surface area contributed by atoms with E-state index in [1.807, 2.05) is 54.6 Å². The molecule has 3 heterocycles. The first-order chi connectivity index (χ1) is 16.6. The fourth-order valence-electron chi connectivity index (χ4n) is 4.88. The van der Waals surface area contributed by atoms with Gasteiger partial charge in [0.05, 0.1) is 5.60 Å². The van der Waals surface area contributed by atoms with Gasteiger partial charge in [-0.3, -0.25) is 4.79 Å². The summed E-state index contributed by atoms with van der Waals surface area (Å²) in [7, 11) is 0. The number of carbonyl (C=O) groups is 1. The van der Waals surface area contributed by atoms with Gasteiger partial charge in [-0.15, -0.1) is 0 Å². The van der Waals surface area contributed by atoms with Crippen LogP contribution in [-0.2, 0) is 12.0 Å². The van der Waals surface area contributed by atoms with Crippen LogP contribution in [0.4, 0.5) is 0 Å². The lowest BCUT2D eigenvalue weighted by Crippen LogP contribution is -2.42. The summed E-state index contributed by atoms with van der Waals surface area (Å²) >= 11 is 6.00. The number of likely N-dealkylation sites (tertiary alicyclic amines) is 1. The molecule has 2 aliphatic rings. The number of hydrogen-bond donors (Lipinski definition) is 1. The van der Waals surface area contributed by atoms with E-state index in [2.05, 4.69) is 16.0 Å². The number of aliphatic hydroxyl groups is 1. The van der Waals surface area contributed by atoms with E-state index in [9.17, 15) is 9.90 Å². The summed E-state index contributed by atoms with van der Waals surface area (Å²) in [6.45, 7) is 2.57. The summed E-state index contributed by atoms with van der Waals surface area (Å²) in [6.07, 6.45) is 7.73. The molecule has 5 rings (SSSR count). The Bertz CT molecular complexity index is 1210. The molecule has 0 unspecified atom stereocenters. The van der Waals surface area contributed by atoms with Crippen molar-refractivity contribution in [1.82, 2.24) is 9.88 Å². The maximum absolute atomic E-state index is 11.6. The van der Waals surface area contributed by atoms with Crippen molar-refractivity contribution in [1.29, 1.82) is 0 Å². The minimum Gasteiger partial charge on any atom is -0.438 e. The number of carbonyl (C=O) groups excluding carboxylic acids is 1. The maximum atomic E-state index is 11.6. The van der Waals surface area contributed by atoms with Crippen molar-refractivity contribution >= 4 is 23.5 Å². The lowest BCUT2D eigenvalue weighted by molar-refractivity contribution is -0.0254. The molecule has 2 aromatic carbocycles. The summed E-state index contributed by atoms with van der Waals surface area (Å²) in [5.74, 6) is 1.26. The molecule has 3 aromatic rings.